The molecule has 0 fully saturated rings. The van der Waals surface area contributed by atoms with Crippen LogP contribution >= 0.6 is 0 Å². The highest BCUT2D eigenvalue weighted by Crippen LogP contribution is 2.21. The molecule has 0 aromatic heterocycles. The van der Waals surface area contributed by atoms with E-state index in [4.69, 9.17) is 0 Å². The van der Waals surface area contributed by atoms with Crippen molar-refractivity contribution in [3.8, 4) is 0 Å². The molecule has 0 heterocycles. The number of ketones is 1. The Balaban J connectivity index is 0.000000478. The van der Waals surface area contributed by atoms with Gasteiger partial charge in [0.2, 0.25) is 12.1 Å². The number of nitrogens with zero attached hydrogens (tertiary/aromatic N) is 2. The first-order chi connectivity index (χ1) is 15.1. The Kier molecular flexibility index (Phi) is 14.5. The van der Waals surface area contributed by atoms with E-state index in [0.29, 0.717) is 50.4 Å². The van der Waals surface area contributed by atoms with Crippen molar-refractivity contribution >= 4 is 18.0 Å². The molecule has 0 radical (unpaired) electrons. The van der Waals surface area contributed by atoms with Gasteiger partial charge in [0, 0.05) is 35.5 Å². The van der Waals surface area contributed by atoms with Crippen molar-refractivity contribution in [2.24, 2.45) is 0 Å². The van der Waals surface area contributed by atoms with E-state index in [1.54, 1.807) is 12.2 Å². The van der Waals surface area contributed by atoms with Gasteiger partial charge < -0.3 is 4.74 Å². The van der Waals surface area contributed by atoms with Gasteiger partial charge in [-0.05, 0) is 37.0 Å². The van der Waals surface area contributed by atoms with Crippen molar-refractivity contribution in [2.45, 2.75) is 64.0 Å². The van der Waals surface area contributed by atoms with E-state index >= 15 is 0 Å². The average Bonchev–Trinajstić information content (AvgIpc) is 2.78. The Morgan fingerprint density at radius 1 is 1.09 bits per heavy atom. The number of allylic oxidation sites excluding steroid dienone is 4. The van der Waals surface area contributed by atoms with E-state index in [-0.39, 0.29) is 21.6 Å². The van der Waals surface area contributed by atoms with Crippen LogP contribution in [0.25, 0.3) is 0 Å². The zero-order chi connectivity index (χ0) is 24.5. The van der Waals surface area contributed by atoms with Gasteiger partial charge in [-0.3, -0.25) is 34.6 Å². The molecule has 2 aliphatic carbocycles. The average molecular weight is 450 g/mol. The second-order valence-corrected chi connectivity index (χ2v) is 7.13. The highest BCUT2D eigenvalue weighted by Gasteiger charge is 2.24. The van der Waals surface area contributed by atoms with E-state index in [1.807, 2.05) is 6.08 Å². The fourth-order valence-electron chi connectivity index (χ4n) is 2.85. The van der Waals surface area contributed by atoms with E-state index in [9.17, 15) is 34.6 Å². The van der Waals surface area contributed by atoms with Crippen LogP contribution in [0.1, 0.15) is 51.9 Å². The lowest BCUT2D eigenvalue weighted by atomic mass is 9.95. The molecular formula is C22H30N2O8. The number of carbonyl (C=O) groups excluding carboxylic acids is 3. The number of nitro groups is 2. The van der Waals surface area contributed by atoms with Crippen molar-refractivity contribution in [1.29, 1.82) is 0 Å². The summed E-state index contributed by atoms with van der Waals surface area (Å²) in [4.78, 5) is 51.3. The van der Waals surface area contributed by atoms with Crippen LogP contribution in [0.2, 0.25) is 0 Å². The van der Waals surface area contributed by atoms with Gasteiger partial charge in [-0.2, -0.15) is 0 Å². The summed E-state index contributed by atoms with van der Waals surface area (Å²) in [6, 6.07) is -1.02. The molecule has 0 aromatic carbocycles. The molecule has 10 nitrogen and oxygen atoms in total. The molecule has 0 N–H and O–H groups in total. The third kappa shape index (κ3) is 13.0. The van der Waals surface area contributed by atoms with Crippen LogP contribution in [-0.4, -0.2) is 47.1 Å². The Bertz CT molecular complexity index is 783. The molecule has 0 aliphatic heterocycles. The molecule has 10 heteroatoms. The molecule has 2 rings (SSSR count). The summed E-state index contributed by atoms with van der Waals surface area (Å²) in [5.41, 5.74) is 1.46. The molecule has 0 bridgehead atoms. The molecule has 0 saturated carbocycles. The number of rotatable bonds is 7. The number of aldehydes is 1. The lowest BCUT2D eigenvalue weighted by molar-refractivity contribution is -0.523. The van der Waals surface area contributed by atoms with Gasteiger partial charge in [0.05, 0.1) is 13.5 Å². The molecule has 0 amide bonds. The normalized spacial score (nSPS) is 19.6. The molecule has 0 spiro atoms. The zero-order valence-electron chi connectivity index (χ0n) is 18.4. The lowest BCUT2D eigenvalue weighted by Crippen LogP contribution is -2.22. The third-order valence-corrected chi connectivity index (χ3v) is 4.57. The second-order valence-electron chi connectivity index (χ2n) is 7.13. The van der Waals surface area contributed by atoms with Gasteiger partial charge in [0.1, 0.15) is 6.29 Å². The van der Waals surface area contributed by atoms with Crippen LogP contribution in [0.4, 0.5) is 0 Å². The zero-order valence-corrected chi connectivity index (χ0v) is 18.4. The lowest BCUT2D eigenvalue weighted by Gasteiger charge is -2.13. The summed E-state index contributed by atoms with van der Waals surface area (Å²) in [6.07, 6.45) is 12.7. The Morgan fingerprint density at radius 3 is 1.97 bits per heavy atom. The maximum atomic E-state index is 10.7. The quantitative estimate of drug-likeness (QED) is 0.143. The monoisotopic (exact) mass is 450 g/mol. The molecule has 2 atom stereocenters. The minimum Gasteiger partial charge on any atom is -0.469 e. The van der Waals surface area contributed by atoms with Crippen LogP contribution in [-0.2, 0) is 19.1 Å². The fourth-order valence-corrected chi connectivity index (χ4v) is 2.85. The number of hydrogen-bond donors (Lipinski definition) is 0. The smallest absolute Gasteiger partial charge is 0.309 e. The second kappa shape index (κ2) is 16.3. The van der Waals surface area contributed by atoms with Gasteiger partial charge in [0.15, 0.2) is 5.78 Å². The largest absolute Gasteiger partial charge is 0.469 e. The number of carbonyl (C=O) groups is 3. The van der Waals surface area contributed by atoms with Crippen molar-refractivity contribution < 1.29 is 29.0 Å². The molecule has 176 valence electrons. The van der Waals surface area contributed by atoms with Crippen molar-refractivity contribution in [2.75, 3.05) is 7.11 Å². The molecule has 0 aromatic rings. The SMILES string of the molecule is C=CCC(=O)OC.CC(=O)/C=C/C1=CCCC([N+](=O)[O-])C1.O=CC1=CCCC([N+](=O)[O-])C1. The molecule has 32 heavy (non-hydrogen) atoms. The summed E-state index contributed by atoms with van der Waals surface area (Å²) in [7, 11) is 1.35. The Hall–Kier alpha value is -3.43. The van der Waals surface area contributed by atoms with Crippen molar-refractivity contribution in [1.82, 2.24) is 0 Å². The predicted molar refractivity (Wildman–Crippen MR) is 118 cm³/mol. The maximum absolute atomic E-state index is 10.7. The molecular weight excluding hydrogens is 420 g/mol. The minimum absolute atomic E-state index is 0.0332. The minimum atomic E-state index is -0.541. The van der Waals surface area contributed by atoms with E-state index in [2.05, 4.69) is 11.3 Å². The van der Waals surface area contributed by atoms with Crippen molar-refractivity contribution in [3.05, 3.63) is 68.3 Å². The van der Waals surface area contributed by atoms with Gasteiger partial charge in [0.25, 0.3) is 0 Å². The highest BCUT2D eigenvalue weighted by molar-refractivity contribution is 5.87. The third-order valence-electron chi connectivity index (χ3n) is 4.57. The summed E-state index contributed by atoms with van der Waals surface area (Å²) < 4.78 is 4.28. The number of hydrogen-bond acceptors (Lipinski definition) is 8. The number of ether oxygens (including phenoxy) is 1. The number of esters is 1. The first-order valence-corrected chi connectivity index (χ1v) is 10.1. The summed E-state index contributed by atoms with van der Waals surface area (Å²) in [6.45, 7) is 4.81. The summed E-state index contributed by atoms with van der Waals surface area (Å²) in [5, 5.41) is 20.8. The van der Waals surface area contributed by atoms with Gasteiger partial charge >= 0.3 is 5.97 Å². The number of methoxy groups -OCH3 is 1. The van der Waals surface area contributed by atoms with E-state index < -0.39 is 12.1 Å². The van der Waals surface area contributed by atoms with Crippen LogP contribution in [0.3, 0.4) is 0 Å². The summed E-state index contributed by atoms with van der Waals surface area (Å²) in [5.74, 6) is -0.274. The van der Waals surface area contributed by atoms with Gasteiger partial charge in [-0.1, -0.05) is 24.3 Å². The van der Waals surface area contributed by atoms with E-state index in [0.717, 1.165) is 12.0 Å². The Morgan fingerprint density at radius 2 is 1.59 bits per heavy atom. The Labute approximate surface area is 187 Å². The topological polar surface area (TPSA) is 147 Å². The fraction of sp³-hybridized carbons (Fsp3) is 0.500. The van der Waals surface area contributed by atoms with Crippen molar-refractivity contribution in [3.63, 3.8) is 0 Å². The first-order valence-electron chi connectivity index (χ1n) is 10.1. The summed E-state index contributed by atoms with van der Waals surface area (Å²) >= 11 is 0. The predicted octanol–water partition coefficient (Wildman–Crippen LogP) is 3.56. The molecule has 2 unspecified atom stereocenters. The molecule has 0 saturated heterocycles. The molecule has 2 aliphatic rings. The van der Waals surface area contributed by atoms with Gasteiger partial charge in [-0.25, -0.2) is 0 Å². The van der Waals surface area contributed by atoms with Crippen LogP contribution in [0.15, 0.2) is 48.1 Å². The maximum Gasteiger partial charge on any atom is 0.309 e. The van der Waals surface area contributed by atoms with Crippen LogP contribution in [0.5, 0.6) is 0 Å². The van der Waals surface area contributed by atoms with Crippen LogP contribution in [0, 0.1) is 20.2 Å². The van der Waals surface area contributed by atoms with Crippen LogP contribution < -0.4 is 0 Å². The standard InChI is InChI=1S/C10H13NO3.C7H9NO3.C5H8O2/c1-8(12)5-6-9-3-2-4-10(7-9)11(13)14;9-5-6-2-1-3-7(4-6)8(10)11;1-3-4-5(6)7-2/h3,5-6,10H,2,4,7H2,1H3;2,5,7H,1,3-4H2;3H,1,4H2,2H3/b6-5+;;. The first kappa shape index (κ1) is 28.6. The van der Waals surface area contributed by atoms with Gasteiger partial charge in [-0.15, -0.1) is 6.58 Å². The van der Waals surface area contributed by atoms with E-state index in [1.165, 1.54) is 26.2 Å². The highest BCUT2D eigenvalue weighted by atomic mass is 16.6.